The van der Waals surface area contributed by atoms with Gasteiger partial charge in [-0.05, 0) is 30.2 Å². The van der Waals surface area contributed by atoms with Crippen molar-refractivity contribution in [2.24, 2.45) is 0 Å². The molecule has 0 aromatic heterocycles. The molecule has 1 N–H and O–H groups in total. The van der Waals surface area contributed by atoms with Gasteiger partial charge in [0.1, 0.15) is 5.82 Å². The highest BCUT2D eigenvalue weighted by molar-refractivity contribution is 9.10. The average Bonchev–Trinajstić information content (AvgIpc) is 2.27. The van der Waals surface area contributed by atoms with E-state index in [1.165, 1.54) is 6.07 Å². The minimum absolute atomic E-state index is 0.0821. The highest BCUT2D eigenvalue weighted by atomic mass is 79.9. The lowest BCUT2D eigenvalue weighted by molar-refractivity contribution is -0.135. The van der Waals surface area contributed by atoms with Crippen LogP contribution in [0, 0.1) is 5.82 Å². The van der Waals surface area contributed by atoms with E-state index >= 15 is 0 Å². The first-order valence-corrected chi connectivity index (χ1v) is 6.20. The van der Waals surface area contributed by atoms with Crippen molar-refractivity contribution in [3.63, 3.8) is 0 Å². The predicted molar refractivity (Wildman–Crippen MR) is 69.2 cm³/mol. The van der Waals surface area contributed by atoms with Gasteiger partial charge in [0, 0.05) is 10.0 Å². The number of hydrogen-bond acceptors (Lipinski definition) is 1. The van der Waals surface area contributed by atoms with Crippen LogP contribution in [0.5, 0.6) is 0 Å². The Balaban J connectivity index is 3.08. The van der Waals surface area contributed by atoms with Crippen LogP contribution in [0.25, 0.3) is 5.57 Å². The maximum atomic E-state index is 13.7. The number of carboxylic acid groups (broad SMARTS) is 1. The molecule has 0 aliphatic carbocycles. The lowest BCUT2D eigenvalue weighted by Gasteiger charge is -2.08. The highest BCUT2D eigenvalue weighted by Gasteiger charge is 2.08. The molecule has 0 saturated carbocycles. The topological polar surface area (TPSA) is 37.3 Å². The predicted octanol–water partition coefficient (Wildman–Crippen LogP) is 4.25. The molecule has 1 aromatic carbocycles. The van der Waals surface area contributed by atoms with Crippen LogP contribution in [0.2, 0.25) is 0 Å². The Morgan fingerprint density at radius 1 is 1.53 bits per heavy atom. The lowest BCUT2D eigenvalue weighted by Crippen LogP contribution is -1.95. The van der Waals surface area contributed by atoms with Gasteiger partial charge in [-0.2, -0.15) is 0 Å². The summed E-state index contributed by atoms with van der Waals surface area (Å²) in [6.07, 6.45) is 3.01. The first-order valence-electron chi connectivity index (χ1n) is 5.40. The quantitative estimate of drug-likeness (QED) is 0.883. The van der Waals surface area contributed by atoms with Crippen LogP contribution in [0.1, 0.15) is 31.7 Å². The van der Waals surface area contributed by atoms with Crippen LogP contribution in [0.15, 0.2) is 28.7 Å². The second-order valence-corrected chi connectivity index (χ2v) is 4.62. The summed E-state index contributed by atoms with van der Waals surface area (Å²) in [5, 5.41) is 8.65. The Kier molecular flexibility index (Phi) is 5.35. The second kappa shape index (κ2) is 6.55. The molecule has 0 amide bonds. The third-order valence-corrected chi connectivity index (χ3v) is 2.81. The van der Waals surface area contributed by atoms with Crippen LogP contribution in [-0.4, -0.2) is 11.1 Å². The zero-order valence-electron chi connectivity index (χ0n) is 9.54. The van der Waals surface area contributed by atoms with Crippen molar-refractivity contribution in [3.05, 3.63) is 40.1 Å². The third-order valence-electron chi connectivity index (χ3n) is 2.32. The van der Waals surface area contributed by atoms with Crippen molar-refractivity contribution in [1.29, 1.82) is 0 Å². The number of benzene rings is 1. The molecule has 92 valence electrons. The van der Waals surface area contributed by atoms with Gasteiger partial charge in [0.15, 0.2) is 0 Å². The molecule has 17 heavy (non-hydrogen) atoms. The maximum Gasteiger partial charge on any atom is 0.307 e. The summed E-state index contributed by atoms with van der Waals surface area (Å²) < 4.78 is 14.4. The van der Waals surface area contributed by atoms with Gasteiger partial charge in [0.25, 0.3) is 0 Å². The number of carboxylic acids is 1. The minimum Gasteiger partial charge on any atom is -0.481 e. The molecule has 0 fully saturated rings. The third kappa shape index (κ3) is 4.30. The number of allylic oxidation sites excluding steroid dienone is 1. The van der Waals surface area contributed by atoms with Gasteiger partial charge in [-0.25, -0.2) is 4.39 Å². The monoisotopic (exact) mass is 300 g/mol. The fourth-order valence-corrected chi connectivity index (χ4v) is 1.93. The molecule has 0 spiro atoms. The Bertz CT molecular complexity index is 441. The zero-order chi connectivity index (χ0) is 12.8. The normalized spacial score (nSPS) is 11.6. The molecule has 0 aliphatic rings. The number of hydrogen-bond donors (Lipinski definition) is 1. The summed E-state index contributed by atoms with van der Waals surface area (Å²) in [7, 11) is 0. The van der Waals surface area contributed by atoms with Crippen molar-refractivity contribution < 1.29 is 14.3 Å². The number of halogens is 2. The Morgan fingerprint density at radius 2 is 2.24 bits per heavy atom. The van der Waals surface area contributed by atoms with Gasteiger partial charge in [0.2, 0.25) is 0 Å². The van der Waals surface area contributed by atoms with Gasteiger partial charge < -0.3 is 5.11 Å². The largest absolute Gasteiger partial charge is 0.481 e. The molecule has 0 heterocycles. The van der Waals surface area contributed by atoms with Gasteiger partial charge >= 0.3 is 5.97 Å². The SMILES string of the molecule is CCC/C(=C\CC(=O)O)c1cc(Br)ccc1F. The van der Waals surface area contributed by atoms with Crippen molar-refractivity contribution >= 4 is 27.5 Å². The molecule has 2 nitrogen and oxygen atoms in total. The average molecular weight is 301 g/mol. The molecule has 0 unspecified atom stereocenters. The summed E-state index contributed by atoms with van der Waals surface area (Å²) in [5.41, 5.74) is 1.22. The van der Waals surface area contributed by atoms with Gasteiger partial charge in [0.05, 0.1) is 6.42 Å². The van der Waals surface area contributed by atoms with Crippen molar-refractivity contribution in [3.8, 4) is 0 Å². The summed E-state index contributed by atoms with van der Waals surface area (Å²) in [6.45, 7) is 1.98. The Hall–Kier alpha value is -1.16. The van der Waals surface area contributed by atoms with Crippen LogP contribution >= 0.6 is 15.9 Å². The van der Waals surface area contributed by atoms with Crippen molar-refractivity contribution in [1.82, 2.24) is 0 Å². The molecule has 4 heteroatoms. The van der Waals surface area contributed by atoms with Crippen LogP contribution in [0.3, 0.4) is 0 Å². The lowest BCUT2D eigenvalue weighted by atomic mass is 10.00. The fourth-order valence-electron chi connectivity index (χ4n) is 1.57. The van der Waals surface area contributed by atoms with Crippen molar-refractivity contribution in [2.45, 2.75) is 26.2 Å². The van der Waals surface area contributed by atoms with E-state index < -0.39 is 5.97 Å². The molecular formula is C13H14BrFO2. The standard InChI is InChI=1S/C13H14BrFO2/c1-2-3-9(4-7-13(16)17)11-8-10(14)5-6-12(11)15/h4-6,8H,2-3,7H2,1H3,(H,16,17)/b9-4+. The Morgan fingerprint density at radius 3 is 2.82 bits per heavy atom. The van der Waals surface area contributed by atoms with E-state index in [9.17, 15) is 9.18 Å². The zero-order valence-corrected chi connectivity index (χ0v) is 11.1. The van der Waals surface area contributed by atoms with E-state index in [4.69, 9.17) is 5.11 Å². The minimum atomic E-state index is -0.908. The first-order chi connectivity index (χ1) is 8.04. The van der Waals surface area contributed by atoms with Gasteiger partial charge in [-0.15, -0.1) is 0 Å². The molecule has 1 aromatic rings. The van der Waals surface area contributed by atoms with Crippen molar-refractivity contribution in [2.75, 3.05) is 0 Å². The van der Waals surface area contributed by atoms with E-state index in [1.807, 2.05) is 6.92 Å². The number of rotatable bonds is 5. The summed E-state index contributed by atoms with van der Waals surface area (Å²) in [6, 6.07) is 4.68. The van der Waals surface area contributed by atoms with E-state index in [0.717, 1.165) is 16.5 Å². The molecule has 0 aliphatic heterocycles. The second-order valence-electron chi connectivity index (χ2n) is 3.70. The summed E-state index contributed by atoms with van der Waals surface area (Å²) >= 11 is 3.29. The van der Waals surface area contributed by atoms with E-state index in [1.54, 1.807) is 18.2 Å². The molecule has 0 saturated heterocycles. The molecule has 0 atom stereocenters. The molecule has 1 rings (SSSR count). The van der Waals surface area contributed by atoms with Crippen LogP contribution < -0.4 is 0 Å². The van der Waals surface area contributed by atoms with Crippen LogP contribution in [0.4, 0.5) is 4.39 Å². The molecule has 0 radical (unpaired) electrons. The first kappa shape index (κ1) is 13.9. The fraction of sp³-hybridized carbons (Fsp3) is 0.308. The van der Waals surface area contributed by atoms with Gasteiger partial charge in [-0.1, -0.05) is 35.4 Å². The van der Waals surface area contributed by atoms with E-state index in [2.05, 4.69) is 15.9 Å². The van der Waals surface area contributed by atoms with E-state index in [-0.39, 0.29) is 12.2 Å². The maximum absolute atomic E-state index is 13.7. The number of carbonyl (C=O) groups is 1. The Labute approximate surface area is 108 Å². The molecular weight excluding hydrogens is 287 g/mol. The van der Waals surface area contributed by atoms with Gasteiger partial charge in [-0.3, -0.25) is 4.79 Å². The smallest absolute Gasteiger partial charge is 0.307 e. The number of aliphatic carboxylic acids is 1. The summed E-state index contributed by atoms with van der Waals surface area (Å²) in [4.78, 5) is 10.5. The molecule has 0 bridgehead atoms. The summed E-state index contributed by atoms with van der Waals surface area (Å²) in [5.74, 6) is -1.23. The van der Waals surface area contributed by atoms with Crippen LogP contribution in [-0.2, 0) is 4.79 Å². The van der Waals surface area contributed by atoms with E-state index in [0.29, 0.717) is 12.0 Å². The highest BCUT2D eigenvalue weighted by Crippen LogP contribution is 2.26.